The Balaban J connectivity index is 1.94. The van der Waals surface area contributed by atoms with Gasteiger partial charge in [-0.3, -0.25) is 4.79 Å². The standard InChI is InChI=1S/C16H25N3O3S3/c1-13-4-6-14(7-5-13)25(21,22)19-10-2-3-15(19)16(20)18-9-12-24-23-11-8-17/h4-7,15H,2-3,8-12,17H2,1H3,(H,18,20). The second-order valence-electron chi connectivity index (χ2n) is 5.81. The van der Waals surface area contributed by atoms with Crippen molar-refractivity contribution in [1.82, 2.24) is 9.62 Å². The van der Waals surface area contributed by atoms with Gasteiger partial charge in [-0.25, -0.2) is 8.42 Å². The zero-order valence-electron chi connectivity index (χ0n) is 14.3. The molecule has 1 aliphatic heterocycles. The molecule has 0 radical (unpaired) electrons. The van der Waals surface area contributed by atoms with E-state index in [0.717, 1.165) is 17.1 Å². The van der Waals surface area contributed by atoms with Gasteiger partial charge in [0.05, 0.1) is 4.90 Å². The van der Waals surface area contributed by atoms with E-state index < -0.39 is 16.1 Å². The number of aryl methyl sites for hydroxylation is 1. The summed E-state index contributed by atoms with van der Waals surface area (Å²) >= 11 is 0. The zero-order valence-corrected chi connectivity index (χ0v) is 16.8. The molecule has 3 N–H and O–H groups in total. The van der Waals surface area contributed by atoms with Crippen molar-refractivity contribution < 1.29 is 13.2 Å². The number of nitrogens with zero attached hydrogens (tertiary/aromatic N) is 1. The van der Waals surface area contributed by atoms with Gasteiger partial charge in [-0.15, -0.1) is 0 Å². The Morgan fingerprint density at radius 3 is 2.64 bits per heavy atom. The van der Waals surface area contributed by atoms with Crippen LogP contribution in [0.2, 0.25) is 0 Å². The summed E-state index contributed by atoms with van der Waals surface area (Å²) in [5.41, 5.74) is 6.42. The average Bonchev–Trinajstić information content (AvgIpc) is 3.09. The van der Waals surface area contributed by atoms with E-state index in [1.165, 1.54) is 4.31 Å². The van der Waals surface area contributed by atoms with Gasteiger partial charge >= 0.3 is 0 Å². The van der Waals surface area contributed by atoms with Crippen LogP contribution in [-0.4, -0.2) is 55.8 Å². The second-order valence-corrected chi connectivity index (χ2v) is 10.4. The molecule has 0 saturated carbocycles. The number of carbonyl (C=O) groups excluding carboxylic acids is 1. The third kappa shape index (κ3) is 5.62. The summed E-state index contributed by atoms with van der Waals surface area (Å²) in [7, 11) is -0.312. The monoisotopic (exact) mass is 403 g/mol. The van der Waals surface area contributed by atoms with Crippen LogP contribution >= 0.6 is 21.6 Å². The quantitative estimate of drug-likeness (QED) is 0.481. The van der Waals surface area contributed by atoms with Crippen molar-refractivity contribution in [1.29, 1.82) is 0 Å². The minimum Gasteiger partial charge on any atom is -0.354 e. The smallest absolute Gasteiger partial charge is 0.243 e. The maximum Gasteiger partial charge on any atom is 0.243 e. The van der Waals surface area contributed by atoms with E-state index in [2.05, 4.69) is 5.32 Å². The largest absolute Gasteiger partial charge is 0.354 e. The van der Waals surface area contributed by atoms with Crippen LogP contribution < -0.4 is 11.1 Å². The Kier molecular flexibility index (Phi) is 8.08. The SMILES string of the molecule is Cc1ccc(S(=O)(=O)N2CCCC2C(=O)NCCSSCCN)cc1. The van der Waals surface area contributed by atoms with Gasteiger partial charge in [0.2, 0.25) is 15.9 Å². The fourth-order valence-corrected chi connectivity index (χ4v) is 6.05. The number of carbonyl (C=O) groups is 1. The molecule has 0 spiro atoms. The predicted octanol–water partition coefficient (Wildman–Crippen LogP) is 1.60. The summed E-state index contributed by atoms with van der Waals surface area (Å²) in [4.78, 5) is 12.7. The lowest BCUT2D eigenvalue weighted by molar-refractivity contribution is -0.124. The molecule has 0 aromatic heterocycles. The van der Waals surface area contributed by atoms with Gasteiger partial charge in [-0.1, -0.05) is 39.3 Å². The summed E-state index contributed by atoms with van der Waals surface area (Å²) in [6.07, 6.45) is 1.26. The van der Waals surface area contributed by atoms with Gasteiger partial charge in [0.1, 0.15) is 6.04 Å². The normalized spacial score (nSPS) is 18.4. The van der Waals surface area contributed by atoms with Crippen molar-refractivity contribution in [2.45, 2.75) is 30.7 Å². The van der Waals surface area contributed by atoms with Crippen LogP contribution in [0.1, 0.15) is 18.4 Å². The van der Waals surface area contributed by atoms with Crippen LogP contribution in [0, 0.1) is 6.92 Å². The summed E-state index contributed by atoms with van der Waals surface area (Å²) < 4.78 is 27.0. The van der Waals surface area contributed by atoms with E-state index in [-0.39, 0.29) is 10.8 Å². The van der Waals surface area contributed by atoms with Crippen LogP contribution in [0.5, 0.6) is 0 Å². The molecule has 1 unspecified atom stereocenters. The lowest BCUT2D eigenvalue weighted by Gasteiger charge is -2.23. The molecule has 2 rings (SSSR count). The fraction of sp³-hybridized carbons (Fsp3) is 0.562. The maximum atomic E-state index is 12.8. The maximum absolute atomic E-state index is 12.8. The molecule has 9 heteroatoms. The molecule has 1 aliphatic rings. The van der Waals surface area contributed by atoms with E-state index in [9.17, 15) is 13.2 Å². The number of rotatable bonds is 9. The van der Waals surface area contributed by atoms with Crippen molar-refractivity contribution >= 4 is 37.5 Å². The third-order valence-corrected chi connectivity index (χ3v) is 8.27. The van der Waals surface area contributed by atoms with Crippen LogP contribution in [0.4, 0.5) is 0 Å². The van der Waals surface area contributed by atoms with Crippen molar-refractivity contribution in [3.8, 4) is 0 Å². The first-order valence-electron chi connectivity index (χ1n) is 8.27. The van der Waals surface area contributed by atoms with Crippen molar-refractivity contribution in [2.75, 3.05) is 31.1 Å². The number of benzene rings is 1. The zero-order chi connectivity index (χ0) is 18.3. The number of amides is 1. The van der Waals surface area contributed by atoms with E-state index in [1.54, 1.807) is 45.9 Å². The summed E-state index contributed by atoms with van der Waals surface area (Å²) in [6.45, 7) is 3.45. The van der Waals surface area contributed by atoms with Crippen molar-refractivity contribution in [3.05, 3.63) is 29.8 Å². The molecule has 1 atom stereocenters. The molecule has 0 aliphatic carbocycles. The lowest BCUT2D eigenvalue weighted by Crippen LogP contribution is -2.46. The number of nitrogens with two attached hydrogens (primary N) is 1. The van der Waals surface area contributed by atoms with Gasteiger partial charge in [0.25, 0.3) is 0 Å². The Hall–Kier alpha value is -0.740. The second kappa shape index (κ2) is 9.82. The van der Waals surface area contributed by atoms with Gasteiger partial charge in [-0.05, 0) is 31.9 Å². The summed E-state index contributed by atoms with van der Waals surface area (Å²) in [6, 6.07) is 6.13. The molecule has 1 saturated heterocycles. The molecule has 0 bridgehead atoms. The highest BCUT2D eigenvalue weighted by Gasteiger charge is 2.39. The van der Waals surface area contributed by atoms with Crippen LogP contribution in [0.15, 0.2) is 29.2 Å². The van der Waals surface area contributed by atoms with Gasteiger partial charge in [0, 0.05) is 31.1 Å². The number of hydrogen-bond acceptors (Lipinski definition) is 6. The summed E-state index contributed by atoms with van der Waals surface area (Å²) in [5.74, 6) is 1.44. The molecule has 1 heterocycles. The molecule has 1 amide bonds. The third-order valence-electron chi connectivity index (χ3n) is 3.90. The van der Waals surface area contributed by atoms with Crippen LogP contribution in [-0.2, 0) is 14.8 Å². The Bertz CT molecular complexity index is 665. The molecule has 1 fully saturated rings. The molecule has 25 heavy (non-hydrogen) atoms. The van der Waals surface area contributed by atoms with Crippen molar-refractivity contribution in [2.24, 2.45) is 5.73 Å². The first kappa shape index (κ1) is 20.6. The molecule has 6 nitrogen and oxygen atoms in total. The van der Waals surface area contributed by atoms with E-state index in [0.29, 0.717) is 32.5 Å². The van der Waals surface area contributed by atoms with Crippen molar-refractivity contribution in [3.63, 3.8) is 0 Å². The molecular weight excluding hydrogens is 378 g/mol. The minimum absolute atomic E-state index is 0.211. The lowest BCUT2D eigenvalue weighted by atomic mass is 10.2. The number of hydrogen-bond donors (Lipinski definition) is 2. The topological polar surface area (TPSA) is 92.5 Å². The Labute approximate surface area is 157 Å². The fourth-order valence-electron chi connectivity index (χ4n) is 2.64. The van der Waals surface area contributed by atoms with Gasteiger partial charge in [-0.2, -0.15) is 4.31 Å². The minimum atomic E-state index is -3.64. The Morgan fingerprint density at radius 1 is 1.28 bits per heavy atom. The van der Waals surface area contributed by atoms with E-state index >= 15 is 0 Å². The van der Waals surface area contributed by atoms with Crippen LogP contribution in [0.3, 0.4) is 0 Å². The Morgan fingerprint density at radius 2 is 1.96 bits per heavy atom. The first-order valence-corrected chi connectivity index (χ1v) is 12.2. The highest BCUT2D eigenvalue weighted by molar-refractivity contribution is 8.76. The molecule has 1 aromatic carbocycles. The highest BCUT2D eigenvalue weighted by atomic mass is 33.1. The predicted molar refractivity (Wildman–Crippen MR) is 105 cm³/mol. The van der Waals surface area contributed by atoms with Crippen LogP contribution in [0.25, 0.3) is 0 Å². The van der Waals surface area contributed by atoms with E-state index in [4.69, 9.17) is 5.73 Å². The number of nitrogens with one attached hydrogen (secondary N) is 1. The average molecular weight is 404 g/mol. The van der Waals surface area contributed by atoms with Gasteiger partial charge in [0.15, 0.2) is 0 Å². The van der Waals surface area contributed by atoms with E-state index in [1.807, 2.05) is 6.92 Å². The van der Waals surface area contributed by atoms with Gasteiger partial charge < -0.3 is 11.1 Å². The molecule has 140 valence electrons. The molecule has 1 aromatic rings. The molecular formula is C16H25N3O3S3. The highest BCUT2D eigenvalue weighted by Crippen LogP contribution is 2.26. The number of sulfonamides is 1. The summed E-state index contributed by atoms with van der Waals surface area (Å²) in [5, 5.41) is 2.85. The first-order chi connectivity index (χ1) is 12.0.